The molecule has 0 saturated carbocycles. The van der Waals surface area contributed by atoms with Crippen LogP contribution < -0.4 is 14.8 Å². The first-order chi connectivity index (χ1) is 18.5. The number of nitrogens with one attached hydrogen (secondary N) is 1. The monoisotopic (exact) mass is 534 g/mol. The molecule has 38 heavy (non-hydrogen) atoms. The van der Waals surface area contributed by atoms with Gasteiger partial charge in [0.1, 0.15) is 13.2 Å². The summed E-state index contributed by atoms with van der Waals surface area (Å²) in [7, 11) is 1.48. The minimum atomic E-state index is -0.741. The average Bonchev–Trinajstić information content (AvgIpc) is 3.50. The summed E-state index contributed by atoms with van der Waals surface area (Å²) in [5.74, 6) is 0.321. The van der Waals surface area contributed by atoms with Gasteiger partial charge in [0.05, 0.1) is 31.0 Å². The Labute approximate surface area is 225 Å². The first-order valence-corrected chi connectivity index (χ1v) is 13.1. The van der Waals surface area contributed by atoms with Crippen molar-refractivity contribution in [1.82, 2.24) is 4.90 Å². The number of aliphatic hydroxyl groups is 1. The van der Waals surface area contributed by atoms with E-state index in [0.717, 1.165) is 16.7 Å². The lowest BCUT2D eigenvalue weighted by molar-refractivity contribution is 0.0648. The van der Waals surface area contributed by atoms with Gasteiger partial charge in [-0.1, -0.05) is 49.1 Å². The molecule has 0 bridgehead atoms. The van der Waals surface area contributed by atoms with E-state index < -0.39 is 12.1 Å². The Balaban J connectivity index is 1.65. The predicted molar refractivity (Wildman–Crippen MR) is 148 cm³/mol. The van der Waals surface area contributed by atoms with Crippen LogP contribution in [0.15, 0.2) is 78.0 Å². The van der Waals surface area contributed by atoms with Crippen molar-refractivity contribution < 1.29 is 28.9 Å². The molecular formula is C29H30N2O6S. The Bertz CT molecular complexity index is 1290. The minimum Gasteiger partial charge on any atom is -0.493 e. The van der Waals surface area contributed by atoms with E-state index in [1.165, 1.54) is 19.3 Å². The van der Waals surface area contributed by atoms with E-state index >= 15 is 0 Å². The second kappa shape index (κ2) is 12.9. The van der Waals surface area contributed by atoms with E-state index in [-0.39, 0.29) is 37.0 Å². The maximum atomic E-state index is 13.8. The van der Waals surface area contributed by atoms with Gasteiger partial charge < -0.3 is 24.2 Å². The second-order valence-electron chi connectivity index (χ2n) is 8.54. The van der Waals surface area contributed by atoms with Gasteiger partial charge in [0.2, 0.25) is 0 Å². The van der Waals surface area contributed by atoms with Gasteiger partial charge in [-0.25, -0.2) is 4.79 Å². The van der Waals surface area contributed by atoms with Crippen molar-refractivity contribution in [1.29, 1.82) is 0 Å². The molecule has 1 aliphatic rings. The number of hydrogen-bond acceptors (Lipinski definition) is 7. The molecule has 198 valence electrons. The molecule has 4 rings (SSSR count). The Morgan fingerprint density at radius 2 is 2.03 bits per heavy atom. The number of thiophene rings is 1. The van der Waals surface area contributed by atoms with Gasteiger partial charge >= 0.3 is 6.09 Å². The van der Waals surface area contributed by atoms with Crippen LogP contribution in [0.1, 0.15) is 27.9 Å². The van der Waals surface area contributed by atoms with Gasteiger partial charge in [0, 0.05) is 12.6 Å². The molecule has 2 N–H and O–H groups in total. The summed E-state index contributed by atoms with van der Waals surface area (Å²) in [6.45, 7) is 3.99. The molecule has 3 aromatic rings. The SMILES string of the molecule is C=CCOC(=O)Nc1cc(OCc2ccccc2)c(OC)cc1C(=O)N1CCC(c2ccsc2)=C[C@H]1CO. The predicted octanol–water partition coefficient (Wildman–Crippen LogP) is 5.36. The summed E-state index contributed by atoms with van der Waals surface area (Å²) in [6.07, 6.45) is 3.27. The van der Waals surface area contributed by atoms with Crippen LogP contribution in [0.3, 0.4) is 0 Å². The number of amides is 2. The van der Waals surface area contributed by atoms with Gasteiger partial charge in [-0.3, -0.25) is 10.1 Å². The normalized spacial score (nSPS) is 14.8. The van der Waals surface area contributed by atoms with Gasteiger partial charge in [-0.05, 0) is 46.0 Å². The van der Waals surface area contributed by atoms with Gasteiger partial charge in [-0.15, -0.1) is 0 Å². The molecule has 1 aromatic heterocycles. The molecule has 9 heteroatoms. The fourth-order valence-electron chi connectivity index (χ4n) is 4.19. The molecule has 0 unspecified atom stereocenters. The lowest BCUT2D eigenvalue weighted by Gasteiger charge is -2.34. The lowest BCUT2D eigenvalue weighted by Crippen LogP contribution is -2.44. The van der Waals surface area contributed by atoms with E-state index in [4.69, 9.17) is 14.2 Å². The Morgan fingerprint density at radius 3 is 2.71 bits per heavy atom. The molecule has 1 atom stereocenters. The Hall–Kier alpha value is -4.08. The number of carbonyl (C=O) groups excluding carboxylic acids is 2. The van der Waals surface area contributed by atoms with E-state index in [0.29, 0.717) is 24.5 Å². The topological polar surface area (TPSA) is 97.3 Å². The fourth-order valence-corrected chi connectivity index (χ4v) is 4.87. The smallest absolute Gasteiger partial charge is 0.411 e. The summed E-state index contributed by atoms with van der Waals surface area (Å²) in [4.78, 5) is 27.8. The van der Waals surface area contributed by atoms with Crippen LogP contribution in [0, 0.1) is 0 Å². The molecule has 2 amide bonds. The van der Waals surface area contributed by atoms with E-state index in [1.54, 1.807) is 22.3 Å². The molecule has 0 radical (unpaired) electrons. The molecule has 8 nitrogen and oxygen atoms in total. The number of benzene rings is 2. The van der Waals surface area contributed by atoms with Crippen LogP contribution in [0.4, 0.5) is 10.5 Å². The molecule has 0 aliphatic carbocycles. The molecule has 2 aromatic carbocycles. The maximum absolute atomic E-state index is 13.8. The number of anilines is 1. The lowest BCUT2D eigenvalue weighted by atomic mass is 9.97. The fraction of sp³-hybridized carbons (Fsp3) is 0.241. The number of hydrogen-bond donors (Lipinski definition) is 2. The van der Waals surface area contributed by atoms with E-state index in [9.17, 15) is 14.7 Å². The zero-order chi connectivity index (χ0) is 26.9. The molecular weight excluding hydrogens is 504 g/mol. The van der Waals surface area contributed by atoms with Crippen molar-refractivity contribution in [2.24, 2.45) is 0 Å². The van der Waals surface area contributed by atoms with Crippen molar-refractivity contribution in [3.05, 3.63) is 94.7 Å². The summed E-state index contributed by atoms with van der Waals surface area (Å²) in [6, 6.07) is 14.2. The zero-order valence-electron chi connectivity index (χ0n) is 21.1. The average molecular weight is 535 g/mol. The highest BCUT2D eigenvalue weighted by Gasteiger charge is 2.30. The summed E-state index contributed by atoms with van der Waals surface area (Å²) in [5, 5.41) is 16.8. The summed E-state index contributed by atoms with van der Waals surface area (Å²) < 4.78 is 16.6. The number of ether oxygens (including phenoxy) is 3. The number of carbonyl (C=O) groups is 2. The van der Waals surface area contributed by atoms with Crippen molar-refractivity contribution >= 4 is 34.6 Å². The third-order valence-electron chi connectivity index (χ3n) is 6.10. The Kier molecular flexibility index (Phi) is 9.18. The molecule has 1 aliphatic heterocycles. The zero-order valence-corrected chi connectivity index (χ0v) is 21.9. The van der Waals surface area contributed by atoms with Gasteiger partial charge in [0.15, 0.2) is 11.5 Å². The largest absolute Gasteiger partial charge is 0.493 e. The highest BCUT2D eigenvalue weighted by molar-refractivity contribution is 7.08. The van der Waals surface area contributed by atoms with Gasteiger partial charge in [0.25, 0.3) is 5.91 Å². The number of aliphatic hydroxyl groups excluding tert-OH is 1. The highest BCUT2D eigenvalue weighted by Crippen LogP contribution is 2.36. The van der Waals surface area contributed by atoms with Crippen molar-refractivity contribution in [2.75, 3.05) is 32.2 Å². The summed E-state index contributed by atoms with van der Waals surface area (Å²) >= 11 is 1.60. The Morgan fingerprint density at radius 1 is 1.21 bits per heavy atom. The van der Waals surface area contributed by atoms with Crippen molar-refractivity contribution in [3.8, 4) is 11.5 Å². The summed E-state index contributed by atoms with van der Waals surface area (Å²) in [5.41, 5.74) is 3.52. The van der Waals surface area contributed by atoms with Crippen LogP contribution in [-0.2, 0) is 11.3 Å². The van der Waals surface area contributed by atoms with Crippen LogP contribution in [0.25, 0.3) is 5.57 Å². The number of rotatable bonds is 10. The minimum absolute atomic E-state index is 0.0114. The number of methoxy groups -OCH3 is 1. The molecule has 0 saturated heterocycles. The first-order valence-electron chi connectivity index (χ1n) is 12.1. The first kappa shape index (κ1) is 27.0. The highest BCUT2D eigenvalue weighted by atomic mass is 32.1. The third-order valence-corrected chi connectivity index (χ3v) is 6.78. The van der Waals surface area contributed by atoms with Crippen LogP contribution >= 0.6 is 11.3 Å². The number of nitrogens with zero attached hydrogens (tertiary/aromatic N) is 1. The standard InChI is InChI=1S/C29H30N2O6S/c1-3-12-36-29(34)30-25-16-27(37-18-20-7-5-4-6-8-20)26(35-2)15-24(25)28(33)31-11-9-21(14-23(31)17-32)22-10-13-38-19-22/h3-8,10,13-16,19,23,32H,1,9,11-12,17-18H2,2H3,(H,30,34)/t23-/m0/s1. The second-order valence-corrected chi connectivity index (χ2v) is 9.32. The van der Waals surface area contributed by atoms with Gasteiger partial charge in [-0.2, -0.15) is 11.3 Å². The van der Waals surface area contributed by atoms with Crippen molar-refractivity contribution in [2.45, 2.75) is 19.1 Å². The van der Waals surface area contributed by atoms with E-state index in [2.05, 4.69) is 11.9 Å². The molecule has 0 spiro atoms. The van der Waals surface area contributed by atoms with Crippen LogP contribution in [0.5, 0.6) is 11.5 Å². The third kappa shape index (κ3) is 6.42. The molecule has 2 heterocycles. The maximum Gasteiger partial charge on any atom is 0.411 e. The van der Waals surface area contributed by atoms with Crippen LogP contribution in [0.2, 0.25) is 0 Å². The van der Waals surface area contributed by atoms with E-state index in [1.807, 2.05) is 53.2 Å². The van der Waals surface area contributed by atoms with Crippen LogP contribution in [-0.4, -0.2) is 54.9 Å². The quantitative estimate of drug-likeness (QED) is 0.340. The molecule has 0 fully saturated rings. The van der Waals surface area contributed by atoms with Crippen molar-refractivity contribution in [3.63, 3.8) is 0 Å².